The van der Waals surface area contributed by atoms with Gasteiger partial charge in [-0.2, -0.15) is 0 Å². The first-order valence-corrected chi connectivity index (χ1v) is 14.3. The molecule has 0 N–H and O–H groups in total. The average Bonchev–Trinajstić information content (AvgIpc) is 2.73. The van der Waals surface area contributed by atoms with Crippen LogP contribution in [0, 0.1) is 65.1 Å². The molecule has 11 unspecified atom stereocenters. The normalized spacial score (nSPS) is 36.3. The second-order valence-electron chi connectivity index (χ2n) is 12.3. The zero-order valence-corrected chi connectivity index (χ0v) is 22.4. The lowest BCUT2D eigenvalue weighted by Crippen LogP contribution is -2.54. The van der Waals surface area contributed by atoms with E-state index in [0.717, 1.165) is 65.1 Å². The lowest BCUT2D eigenvalue weighted by atomic mass is 9.45. The molecule has 0 aromatic rings. The summed E-state index contributed by atoms with van der Waals surface area (Å²) in [6, 6.07) is 0. The van der Waals surface area contributed by atoms with Gasteiger partial charge in [-0.3, -0.25) is 0 Å². The summed E-state index contributed by atoms with van der Waals surface area (Å²) in [5.41, 5.74) is 0. The summed E-state index contributed by atoms with van der Waals surface area (Å²) in [4.78, 5) is 0. The van der Waals surface area contributed by atoms with Crippen LogP contribution >= 0.6 is 0 Å². The molecule has 0 aliphatic heterocycles. The van der Waals surface area contributed by atoms with Gasteiger partial charge in [-0.15, -0.1) is 0 Å². The van der Waals surface area contributed by atoms with Crippen molar-refractivity contribution in [1.29, 1.82) is 0 Å². The molecule has 0 nitrogen and oxygen atoms in total. The van der Waals surface area contributed by atoms with Crippen molar-refractivity contribution in [3.8, 4) is 0 Å². The van der Waals surface area contributed by atoms with Gasteiger partial charge >= 0.3 is 0 Å². The number of hydrogen-bond donors (Lipinski definition) is 0. The highest BCUT2D eigenvalue weighted by Crippen LogP contribution is 2.60. The van der Waals surface area contributed by atoms with Gasteiger partial charge < -0.3 is 0 Å². The molecule has 0 aromatic heterocycles. The zero-order chi connectivity index (χ0) is 22.4. The number of rotatable bonds is 13. The van der Waals surface area contributed by atoms with Crippen LogP contribution in [0.1, 0.15) is 127 Å². The Morgan fingerprint density at radius 1 is 0.867 bits per heavy atom. The molecule has 0 bridgehead atoms. The third-order valence-electron chi connectivity index (χ3n) is 10.5. The summed E-state index contributed by atoms with van der Waals surface area (Å²) in [5, 5.41) is 0. The standard InChI is InChI=1S/C30H58/c1-10-14-15-27(13-4)23(8)20(5)16-25(11-2)17-21(6)29-24(9)28-19-26(12-3)18-22(7)30(28)29/h20-30H,10-19H2,1-9H3. The number of hydrogen-bond acceptors (Lipinski definition) is 0. The molecular formula is C30H58. The van der Waals surface area contributed by atoms with Crippen LogP contribution in [0.5, 0.6) is 0 Å². The molecule has 2 saturated carbocycles. The first kappa shape index (κ1) is 26.3. The van der Waals surface area contributed by atoms with Gasteiger partial charge in [0.15, 0.2) is 0 Å². The lowest BCUT2D eigenvalue weighted by molar-refractivity contribution is -0.120. The van der Waals surface area contributed by atoms with E-state index in [-0.39, 0.29) is 0 Å². The van der Waals surface area contributed by atoms with Crippen molar-refractivity contribution in [2.75, 3.05) is 0 Å². The Balaban J connectivity index is 1.90. The van der Waals surface area contributed by atoms with Crippen LogP contribution in [-0.2, 0) is 0 Å². The molecule has 0 radical (unpaired) electrons. The molecule has 2 fully saturated rings. The smallest absolute Gasteiger partial charge is 0.0324 e. The summed E-state index contributed by atoms with van der Waals surface area (Å²) in [7, 11) is 0. The van der Waals surface area contributed by atoms with E-state index in [0.29, 0.717) is 0 Å². The first-order valence-electron chi connectivity index (χ1n) is 14.3. The Morgan fingerprint density at radius 3 is 2.13 bits per heavy atom. The predicted molar refractivity (Wildman–Crippen MR) is 136 cm³/mol. The van der Waals surface area contributed by atoms with E-state index in [4.69, 9.17) is 0 Å². The van der Waals surface area contributed by atoms with Crippen LogP contribution in [0.25, 0.3) is 0 Å². The fraction of sp³-hybridized carbons (Fsp3) is 1.00. The molecule has 2 aliphatic carbocycles. The number of unbranched alkanes of at least 4 members (excludes halogenated alkanes) is 1. The van der Waals surface area contributed by atoms with Gasteiger partial charge in [0.25, 0.3) is 0 Å². The molecule has 0 saturated heterocycles. The van der Waals surface area contributed by atoms with Crippen molar-refractivity contribution in [3.05, 3.63) is 0 Å². The van der Waals surface area contributed by atoms with E-state index in [1.54, 1.807) is 0 Å². The Hall–Kier alpha value is 0. The van der Waals surface area contributed by atoms with E-state index in [1.807, 2.05) is 0 Å². The average molecular weight is 419 g/mol. The van der Waals surface area contributed by atoms with Crippen LogP contribution in [-0.4, -0.2) is 0 Å². The van der Waals surface area contributed by atoms with Crippen molar-refractivity contribution in [1.82, 2.24) is 0 Å². The second-order valence-corrected chi connectivity index (χ2v) is 12.3. The highest BCUT2D eigenvalue weighted by atomic mass is 14.6. The van der Waals surface area contributed by atoms with E-state index in [2.05, 4.69) is 62.3 Å². The maximum absolute atomic E-state index is 2.63. The van der Waals surface area contributed by atoms with E-state index in [1.165, 1.54) is 64.2 Å². The minimum absolute atomic E-state index is 0.884. The van der Waals surface area contributed by atoms with Crippen molar-refractivity contribution >= 4 is 0 Å². The summed E-state index contributed by atoms with van der Waals surface area (Å²) in [6.07, 6.45) is 14.4. The van der Waals surface area contributed by atoms with Gasteiger partial charge in [0.1, 0.15) is 0 Å². The van der Waals surface area contributed by atoms with Gasteiger partial charge in [-0.25, -0.2) is 0 Å². The van der Waals surface area contributed by atoms with Crippen LogP contribution in [0.2, 0.25) is 0 Å². The Bertz CT molecular complexity index is 467. The molecule has 30 heavy (non-hydrogen) atoms. The van der Waals surface area contributed by atoms with E-state index < -0.39 is 0 Å². The van der Waals surface area contributed by atoms with E-state index in [9.17, 15) is 0 Å². The highest BCUT2D eigenvalue weighted by Gasteiger charge is 2.54. The largest absolute Gasteiger partial charge is 0.0654 e. The summed E-state index contributed by atoms with van der Waals surface area (Å²) in [5.74, 6) is 10.7. The van der Waals surface area contributed by atoms with Gasteiger partial charge in [0, 0.05) is 0 Å². The SMILES string of the molecule is CCCCC(CC)C(C)C(C)CC(CC)CC(C)C1C(C)C2CC(CC)CC(C)C21. The Labute approximate surface area is 191 Å². The minimum Gasteiger partial charge on any atom is -0.0654 e. The van der Waals surface area contributed by atoms with Gasteiger partial charge in [-0.1, -0.05) is 101 Å². The summed E-state index contributed by atoms with van der Waals surface area (Å²) >= 11 is 0. The molecule has 0 aromatic carbocycles. The first-order chi connectivity index (χ1) is 14.3. The summed E-state index contributed by atoms with van der Waals surface area (Å²) in [6.45, 7) is 22.6. The molecule has 2 aliphatic rings. The predicted octanol–water partition coefficient (Wildman–Crippen LogP) is 9.87. The fourth-order valence-electron chi connectivity index (χ4n) is 8.32. The van der Waals surface area contributed by atoms with Crippen LogP contribution in [0.3, 0.4) is 0 Å². The van der Waals surface area contributed by atoms with Crippen molar-refractivity contribution in [3.63, 3.8) is 0 Å². The molecule has 178 valence electrons. The summed E-state index contributed by atoms with van der Waals surface area (Å²) < 4.78 is 0. The molecule has 0 spiro atoms. The van der Waals surface area contributed by atoms with Gasteiger partial charge in [-0.05, 0) is 90.8 Å². The third kappa shape index (κ3) is 6.07. The van der Waals surface area contributed by atoms with Crippen LogP contribution in [0.4, 0.5) is 0 Å². The molecule has 11 atom stereocenters. The quantitative estimate of drug-likeness (QED) is 0.279. The van der Waals surface area contributed by atoms with Crippen molar-refractivity contribution in [2.24, 2.45) is 65.1 Å². The Kier molecular flexibility index (Phi) is 10.8. The lowest BCUT2D eigenvalue weighted by Gasteiger charge is -2.60. The minimum atomic E-state index is 0.884. The number of fused-ring (bicyclic) bond motifs is 1. The molecule has 0 heteroatoms. The van der Waals surface area contributed by atoms with Crippen molar-refractivity contribution in [2.45, 2.75) is 127 Å². The third-order valence-corrected chi connectivity index (χ3v) is 10.5. The maximum atomic E-state index is 2.63. The highest BCUT2D eigenvalue weighted by molar-refractivity contribution is 5.02. The topological polar surface area (TPSA) is 0 Å². The van der Waals surface area contributed by atoms with Gasteiger partial charge in [0.05, 0.1) is 0 Å². The van der Waals surface area contributed by atoms with Crippen LogP contribution in [0.15, 0.2) is 0 Å². The molecule has 0 heterocycles. The monoisotopic (exact) mass is 418 g/mol. The van der Waals surface area contributed by atoms with E-state index >= 15 is 0 Å². The Morgan fingerprint density at radius 2 is 1.57 bits per heavy atom. The molecular weight excluding hydrogens is 360 g/mol. The fourth-order valence-corrected chi connectivity index (χ4v) is 8.32. The van der Waals surface area contributed by atoms with Crippen molar-refractivity contribution < 1.29 is 0 Å². The second kappa shape index (κ2) is 12.3. The molecule has 0 amide bonds. The zero-order valence-electron chi connectivity index (χ0n) is 22.4. The molecule has 2 rings (SSSR count). The van der Waals surface area contributed by atoms with Gasteiger partial charge in [0.2, 0.25) is 0 Å². The van der Waals surface area contributed by atoms with Crippen LogP contribution < -0.4 is 0 Å². The maximum Gasteiger partial charge on any atom is -0.0324 e.